The fraction of sp³-hybridized carbons (Fsp3) is 0.300. The highest BCUT2D eigenvalue weighted by Gasteiger charge is 2.12. The molecule has 1 atom stereocenters. The minimum atomic E-state index is 0.108. The molecule has 0 amide bonds. The predicted octanol–water partition coefficient (Wildman–Crippen LogP) is 3.83. The van der Waals surface area contributed by atoms with Gasteiger partial charge < -0.3 is 10.4 Å². The number of nitrogens with one attached hydrogen (secondary N) is 1. The van der Waals surface area contributed by atoms with Crippen LogP contribution in [0.2, 0.25) is 0 Å². The van der Waals surface area contributed by atoms with E-state index in [1.165, 1.54) is 0 Å². The van der Waals surface area contributed by atoms with E-state index < -0.39 is 0 Å². The van der Waals surface area contributed by atoms with E-state index in [1.54, 1.807) is 6.07 Å². The molecule has 0 aliphatic carbocycles. The van der Waals surface area contributed by atoms with Gasteiger partial charge in [0.2, 0.25) is 0 Å². The minimum absolute atomic E-state index is 0.108. The van der Waals surface area contributed by atoms with Crippen LogP contribution in [0.25, 0.3) is 5.82 Å². The number of aromatic hydroxyl groups is 1. The van der Waals surface area contributed by atoms with Crippen molar-refractivity contribution in [1.29, 1.82) is 0 Å². The van der Waals surface area contributed by atoms with Gasteiger partial charge in [-0.3, -0.25) is 0 Å². The van der Waals surface area contributed by atoms with Gasteiger partial charge in [-0.2, -0.15) is 5.10 Å². The SMILES string of the molecule is CC[C@@H](NCc1ccc(-n2nc(C)cc2C)nc1)c1ccccc1O. The molecule has 130 valence electrons. The summed E-state index contributed by atoms with van der Waals surface area (Å²) in [6.45, 7) is 6.80. The van der Waals surface area contributed by atoms with Crippen molar-refractivity contribution in [3.05, 3.63) is 71.2 Å². The Morgan fingerprint density at radius 2 is 1.96 bits per heavy atom. The van der Waals surface area contributed by atoms with Crippen LogP contribution in [0.3, 0.4) is 0 Å². The van der Waals surface area contributed by atoms with E-state index in [2.05, 4.69) is 28.4 Å². The molecule has 1 aromatic carbocycles. The molecule has 25 heavy (non-hydrogen) atoms. The van der Waals surface area contributed by atoms with Crippen LogP contribution in [0.5, 0.6) is 5.75 Å². The molecule has 2 N–H and O–H groups in total. The second-order valence-electron chi connectivity index (χ2n) is 6.26. The number of aryl methyl sites for hydroxylation is 2. The summed E-state index contributed by atoms with van der Waals surface area (Å²) in [7, 11) is 0. The van der Waals surface area contributed by atoms with E-state index in [9.17, 15) is 5.11 Å². The van der Waals surface area contributed by atoms with Crippen LogP contribution in [0, 0.1) is 13.8 Å². The van der Waals surface area contributed by atoms with Crippen molar-refractivity contribution in [2.75, 3.05) is 0 Å². The number of benzene rings is 1. The van der Waals surface area contributed by atoms with Crippen molar-refractivity contribution >= 4 is 0 Å². The third kappa shape index (κ3) is 3.88. The maximum Gasteiger partial charge on any atom is 0.153 e. The van der Waals surface area contributed by atoms with Gasteiger partial charge in [-0.25, -0.2) is 9.67 Å². The van der Waals surface area contributed by atoms with Gasteiger partial charge in [0.15, 0.2) is 5.82 Å². The second-order valence-corrected chi connectivity index (χ2v) is 6.26. The number of phenols is 1. The number of hydrogen-bond donors (Lipinski definition) is 2. The van der Waals surface area contributed by atoms with Crippen molar-refractivity contribution in [3.8, 4) is 11.6 Å². The Balaban J connectivity index is 1.69. The smallest absolute Gasteiger partial charge is 0.153 e. The van der Waals surface area contributed by atoms with Crippen molar-refractivity contribution < 1.29 is 5.11 Å². The molecule has 0 bridgehead atoms. The molecular formula is C20H24N4O. The Bertz CT molecular complexity index is 839. The first-order valence-corrected chi connectivity index (χ1v) is 8.58. The molecule has 3 aromatic rings. The molecule has 0 unspecified atom stereocenters. The monoisotopic (exact) mass is 336 g/mol. The summed E-state index contributed by atoms with van der Waals surface area (Å²) in [5, 5.41) is 18.0. The van der Waals surface area contributed by atoms with Gasteiger partial charge in [-0.05, 0) is 44.0 Å². The number of hydrogen-bond acceptors (Lipinski definition) is 4. The van der Waals surface area contributed by atoms with E-state index in [0.717, 1.165) is 34.8 Å². The molecule has 5 heteroatoms. The molecule has 0 aliphatic rings. The zero-order valence-corrected chi connectivity index (χ0v) is 14.9. The van der Waals surface area contributed by atoms with Crippen LogP contribution in [0.15, 0.2) is 48.7 Å². The van der Waals surface area contributed by atoms with Crippen LogP contribution in [0.4, 0.5) is 0 Å². The highest BCUT2D eigenvalue weighted by atomic mass is 16.3. The van der Waals surface area contributed by atoms with Crippen molar-refractivity contribution in [2.45, 2.75) is 39.8 Å². The fourth-order valence-electron chi connectivity index (χ4n) is 3.00. The van der Waals surface area contributed by atoms with E-state index in [-0.39, 0.29) is 6.04 Å². The molecule has 2 aromatic heterocycles. The lowest BCUT2D eigenvalue weighted by Gasteiger charge is -2.18. The van der Waals surface area contributed by atoms with Crippen molar-refractivity contribution in [3.63, 3.8) is 0 Å². The maximum absolute atomic E-state index is 10.0. The largest absolute Gasteiger partial charge is 0.508 e. The average molecular weight is 336 g/mol. The first-order valence-electron chi connectivity index (χ1n) is 8.58. The normalized spacial score (nSPS) is 12.3. The highest BCUT2D eigenvalue weighted by molar-refractivity contribution is 5.34. The van der Waals surface area contributed by atoms with Crippen LogP contribution < -0.4 is 5.32 Å². The summed E-state index contributed by atoms with van der Waals surface area (Å²) >= 11 is 0. The molecule has 0 saturated carbocycles. The number of pyridine rings is 1. The van der Waals surface area contributed by atoms with Crippen LogP contribution in [-0.2, 0) is 6.54 Å². The van der Waals surface area contributed by atoms with Crippen LogP contribution >= 0.6 is 0 Å². The van der Waals surface area contributed by atoms with E-state index in [0.29, 0.717) is 12.3 Å². The number of para-hydroxylation sites is 1. The summed E-state index contributed by atoms with van der Waals surface area (Å²) in [4.78, 5) is 4.53. The summed E-state index contributed by atoms with van der Waals surface area (Å²) in [6.07, 6.45) is 2.77. The van der Waals surface area contributed by atoms with E-state index >= 15 is 0 Å². The predicted molar refractivity (Wildman–Crippen MR) is 98.8 cm³/mol. The van der Waals surface area contributed by atoms with Gasteiger partial charge in [-0.15, -0.1) is 0 Å². The first kappa shape index (κ1) is 17.2. The lowest BCUT2D eigenvalue weighted by atomic mass is 10.0. The van der Waals surface area contributed by atoms with Crippen molar-refractivity contribution in [1.82, 2.24) is 20.1 Å². The second kappa shape index (κ2) is 7.49. The molecular weight excluding hydrogens is 312 g/mol. The maximum atomic E-state index is 10.0. The topological polar surface area (TPSA) is 63.0 Å². The fourth-order valence-corrected chi connectivity index (χ4v) is 3.00. The molecule has 2 heterocycles. The Kier molecular flexibility index (Phi) is 5.14. The van der Waals surface area contributed by atoms with Gasteiger partial charge in [0.05, 0.1) is 5.69 Å². The first-order chi connectivity index (χ1) is 12.1. The van der Waals surface area contributed by atoms with Gasteiger partial charge >= 0.3 is 0 Å². The van der Waals surface area contributed by atoms with E-state index in [1.807, 2.05) is 55.1 Å². The Morgan fingerprint density at radius 1 is 1.16 bits per heavy atom. The molecule has 0 saturated heterocycles. The quantitative estimate of drug-likeness (QED) is 0.718. The molecule has 0 aliphatic heterocycles. The third-order valence-electron chi connectivity index (χ3n) is 4.31. The number of rotatable bonds is 6. The molecule has 0 spiro atoms. The Labute approximate surface area is 148 Å². The average Bonchev–Trinajstić information content (AvgIpc) is 2.96. The van der Waals surface area contributed by atoms with Gasteiger partial charge in [-0.1, -0.05) is 31.2 Å². The zero-order chi connectivity index (χ0) is 17.8. The Hall–Kier alpha value is -2.66. The summed E-state index contributed by atoms with van der Waals surface area (Å²) in [5.74, 6) is 1.15. The Morgan fingerprint density at radius 3 is 2.56 bits per heavy atom. The van der Waals surface area contributed by atoms with Crippen LogP contribution in [-0.4, -0.2) is 19.9 Å². The van der Waals surface area contributed by atoms with Gasteiger partial charge in [0.25, 0.3) is 0 Å². The van der Waals surface area contributed by atoms with Crippen molar-refractivity contribution in [2.24, 2.45) is 0 Å². The lowest BCUT2D eigenvalue weighted by molar-refractivity contribution is 0.440. The molecule has 0 fully saturated rings. The number of aromatic nitrogens is 3. The third-order valence-corrected chi connectivity index (χ3v) is 4.31. The standard InChI is InChI=1S/C20H24N4O/c1-4-18(17-7-5-6-8-19(17)25)21-12-16-9-10-20(22-13-16)24-15(3)11-14(2)23-24/h5-11,13,18,21,25H,4,12H2,1-3H3/t18-/m1/s1. The number of phenolic OH excluding ortho intramolecular Hbond substituents is 1. The molecule has 5 nitrogen and oxygen atoms in total. The lowest BCUT2D eigenvalue weighted by Crippen LogP contribution is -2.20. The molecule has 0 radical (unpaired) electrons. The molecule has 3 rings (SSSR count). The highest BCUT2D eigenvalue weighted by Crippen LogP contribution is 2.26. The minimum Gasteiger partial charge on any atom is -0.508 e. The summed E-state index contributed by atoms with van der Waals surface area (Å²) < 4.78 is 1.85. The van der Waals surface area contributed by atoms with E-state index in [4.69, 9.17) is 0 Å². The summed E-state index contributed by atoms with van der Waals surface area (Å²) in [6, 6.07) is 13.7. The summed E-state index contributed by atoms with van der Waals surface area (Å²) in [5.41, 5.74) is 4.08. The number of nitrogens with zero attached hydrogens (tertiary/aromatic N) is 3. The van der Waals surface area contributed by atoms with Crippen LogP contribution in [0.1, 0.15) is 41.9 Å². The zero-order valence-electron chi connectivity index (χ0n) is 14.9. The van der Waals surface area contributed by atoms with Gasteiger partial charge in [0.1, 0.15) is 5.75 Å². The van der Waals surface area contributed by atoms with Gasteiger partial charge in [0, 0.05) is 30.0 Å².